The first kappa shape index (κ1) is 14.0. The molecule has 0 aliphatic carbocycles. The Morgan fingerprint density at radius 1 is 1.22 bits per heavy atom. The predicted octanol–water partition coefficient (Wildman–Crippen LogP) is 5.74. The summed E-state index contributed by atoms with van der Waals surface area (Å²) in [5.41, 5.74) is 2.21. The lowest BCUT2D eigenvalue weighted by molar-refractivity contribution is 0.724. The van der Waals surface area contributed by atoms with Crippen molar-refractivity contribution in [3.63, 3.8) is 0 Å². The molecule has 0 radical (unpaired) electrons. The van der Waals surface area contributed by atoms with Crippen molar-refractivity contribution >= 4 is 43.5 Å². The highest BCUT2D eigenvalue weighted by molar-refractivity contribution is 9.10. The molecule has 2 unspecified atom stereocenters. The van der Waals surface area contributed by atoms with Crippen molar-refractivity contribution in [3.8, 4) is 0 Å². The van der Waals surface area contributed by atoms with Gasteiger partial charge in [0.05, 0.1) is 0 Å². The van der Waals surface area contributed by atoms with Gasteiger partial charge in [-0.15, -0.1) is 0 Å². The first-order chi connectivity index (χ1) is 8.58. The highest BCUT2D eigenvalue weighted by Crippen LogP contribution is 2.38. The van der Waals surface area contributed by atoms with Crippen molar-refractivity contribution in [2.24, 2.45) is 0 Å². The molecule has 2 atom stereocenters. The van der Waals surface area contributed by atoms with Gasteiger partial charge in [-0.1, -0.05) is 56.5 Å². The molecule has 1 aromatic heterocycles. The highest BCUT2D eigenvalue weighted by Gasteiger charge is 2.19. The minimum atomic E-state index is 0.183. The van der Waals surface area contributed by atoms with Crippen LogP contribution >= 0.6 is 43.5 Å². The minimum absolute atomic E-state index is 0.183. The number of rotatable bonds is 3. The second-order valence-corrected chi connectivity index (χ2v) is 6.49. The van der Waals surface area contributed by atoms with Gasteiger partial charge in [0.25, 0.3) is 0 Å². The summed E-state index contributed by atoms with van der Waals surface area (Å²) in [7, 11) is 0. The molecule has 0 saturated carbocycles. The fourth-order valence-electron chi connectivity index (χ4n) is 1.82. The second-order valence-electron chi connectivity index (χ2n) is 4.15. The Hall–Kier alpha value is -0.380. The fraction of sp³-hybridized carbons (Fsp3) is 0.214. The SMILES string of the molecule is CC(c1ccccn1)C(Br)c1cc(Cl)cc(Br)c1. The number of nitrogens with zero attached hydrogens (tertiary/aromatic N) is 1. The van der Waals surface area contributed by atoms with Gasteiger partial charge in [0.1, 0.15) is 0 Å². The van der Waals surface area contributed by atoms with Gasteiger partial charge >= 0.3 is 0 Å². The summed E-state index contributed by atoms with van der Waals surface area (Å²) in [6.07, 6.45) is 1.82. The monoisotopic (exact) mass is 387 g/mol. The smallest absolute Gasteiger partial charge is 0.0477 e. The summed E-state index contributed by atoms with van der Waals surface area (Å²) in [6, 6.07) is 11.9. The fourth-order valence-corrected chi connectivity index (χ4v) is 3.24. The Bertz CT molecular complexity index is 510. The zero-order chi connectivity index (χ0) is 13.1. The number of halogens is 3. The summed E-state index contributed by atoms with van der Waals surface area (Å²) >= 11 is 13.3. The molecule has 1 aromatic carbocycles. The molecular weight excluding hydrogens is 377 g/mol. The number of pyridine rings is 1. The average molecular weight is 390 g/mol. The Morgan fingerprint density at radius 2 is 2.00 bits per heavy atom. The maximum atomic E-state index is 6.08. The van der Waals surface area contributed by atoms with Crippen LogP contribution in [0.15, 0.2) is 47.1 Å². The number of hydrogen-bond donors (Lipinski definition) is 0. The van der Waals surface area contributed by atoms with E-state index in [1.807, 2.05) is 36.5 Å². The molecular formula is C14H12Br2ClN. The van der Waals surface area contributed by atoms with E-state index in [2.05, 4.69) is 49.8 Å². The minimum Gasteiger partial charge on any atom is -0.261 e. The maximum absolute atomic E-state index is 6.08. The van der Waals surface area contributed by atoms with Crippen molar-refractivity contribution in [2.75, 3.05) is 0 Å². The molecule has 94 valence electrons. The molecule has 0 amide bonds. The van der Waals surface area contributed by atoms with Gasteiger partial charge < -0.3 is 0 Å². The van der Waals surface area contributed by atoms with Crippen LogP contribution in [-0.4, -0.2) is 4.98 Å². The van der Waals surface area contributed by atoms with E-state index in [4.69, 9.17) is 11.6 Å². The predicted molar refractivity (Wildman–Crippen MR) is 83.5 cm³/mol. The van der Waals surface area contributed by atoms with E-state index in [-0.39, 0.29) is 10.7 Å². The van der Waals surface area contributed by atoms with Gasteiger partial charge in [-0.2, -0.15) is 0 Å². The van der Waals surface area contributed by atoms with Gasteiger partial charge in [-0.3, -0.25) is 4.98 Å². The van der Waals surface area contributed by atoms with E-state index in [1.165, 1.54) is 0 Å². The molecule has 1 nitrogen and oxygen atoms in total. The van der Waals surface area contributed by atoms with Crippen LogP contribution < -0.4 is 0 Å². The van der Waals surface area contributed by atoms with Crippen LogP contribution in [0.1, 0.15) is 28.9 Å². The van der Waals surface area contributed by atoms with Crippen molar-refractivity contribution < 1.29 is 0 Å². The van der Waals surface area contributed by atoms with Crippen LogP contribution in [0.2, 0.25) is 5.02 Å². The third kappa shape index (κ3) is 3.34. The van der Waals surface area contributed by atoms with Crippen LogP contribution in [0.3, 0.4) is 0 Å². The average Bonchev–Trinajstić information content (AvgIpc) is 2.37. The van der Waals surface area contributed by atoms with Crippen LogP contribution in [0.25, 0.3) is 0 Å². The number of alkyl halides is 1. The van der Waals surface area contributed by atoms with Crippen LogP contribution in [0.4, 0.5) is 0 Å². The quantitative estimate of drug-likeness (QED) is 0.610. The van der Waals surface area contributed by atoms with Gasteiger partial charge in [0.15, 0.2) is 0 Å². The van der Waals surface area contributed by atoms with Gasteiger partial charge in [0, 0.05) is 32.1 Å². The summed E-state index contributed by atoms with van der Waals surface area (Å²) in [4.78, 5) is 4.58. The van der Waals surface area contributed by atoms with Gasteiger partial charge in [0.2, 0.25) is 0 Å². The van der Waals surface area contributed by atoms with E-state index in [9.17, 15) is 0 Å². The van der Waals surface area contributed by atoms with Crippen molar-refractivity contribution in [1.82, 2.24) is 4.98 Å². The molecule has 0 saturated heterocycles. The molecule has 0 N–H and O–H groups in total. The summed E-state index contributed by atoms with van der Waals surface area (Å²) < 4.78 is 0.989. The van der Waals surface area contributed by atoms with E-state index < -0.39 is 0 Å². The summed E-state index contributed by atoms with van der Waals surface area (Å²) in [5, 5.41) is 0.733. The molecule has 2 aromatic rings. The maximum Gasteiger partial charge on any atom is 0.0477 e. The highest BCUT2D eigenvalue weighted by atomic mass is 79.9. The van der Waals surface area contributed by atoms with Crippen molar-refractivity contribution in [2.45, 2.75) is 17.7 Å². The van der Waals surface area contributed by atoms with E-state index >= 15 is 0 Å². The number of aromatic nitrogens is 1. The molecule has 0 fully saturated rings. The van der Waals surface area contributed by atoms with Crippen LogP contribution in [0.5, 0.6) is 0 Å². The Labute approximate surface area is 129 Å². The molecule has 1 heterocycles. The van der Waals surface area contributed by atoms with Gasteiger partial charge in [-0.05, 0) is 35.9 Å². The molecule has 2 rings (SSSR count). The number of hydrogen-bond acceptors (Lipinski definition) is 1. The van der Waals surface area contributed by atoms with Crippen LogP contribution in [-0.2, 0) is 0 Å². The zero-order valence-electron chi connectivity index (χ0n) is 9.78. The van der Waals surface area contributed by atoms with E-state index in [1.54, 1.807) is 0 Å². The number of benzene rings is 1. The topological polar surface area (TPSA) is 12.9 Å². The van der Waals surface area contributed by atoms with Crippen molar-refractivity contribution in [3.05, 3.63) is 63.3 Å². The van der Waals surface area contributed by atoms with Crippen molar-refractivity contribution in [1.29, 1.82) is 0 Å². The Balaban J connectivity index is 2.28. The normalized spacial score (nSPS) is 14.2. The second kappa shape index (κ2) is 6.18. The molecule has 0 aliphatic rings. The van der Waals surface area contributed by atoms with E-state index in [0.29, 0.717) is 0 Å². The Kier molecular flexibility index (Phi) is 4.82. The lowest BCUT2D eigenvalue weighted by atomic mass is 9.97. The lowest BCUT2D eigenvalue weighted by Gasteiger charge is -2.18. The van der Waals surface area contributed by atoms with Gasteiger partial charge in [-0.25, -0.2) is 0 Å². The molecule has 0 spiro atoms. The Morgan fingerprint density at radius 3 is 2.61 bits per heavy atom. The third-order valence-corrected chi connectivity index (χ3v) is 4.79. The molecule has 0 bridgehead atoms. The third-order valence-electron chi connectivity index (χ3n) is 2.80. The summed E-state index contributed by atoms with van der Waals surface area (Å²) in [6.45, 7) is 2.15. The summed E-state index contributed by atoms with van der Waals surface area (Å²) in [5.74, 6) is 0.275. The standard InChI is InChI=1S/C14H12Br2ClN/c1-9(13-4-2-3-5-18-13)14(16)10-6-11(15)8-12(17)7-10/h2-9,14H,1H3. The molecule has 0 aliphatic heterocycles. The largest absolute Gasteiger partial charge is 0.261 e. The lowest BCUT2D eigenvalue weighted by Crippen LogP contribution is -2.04. The molecule has 4 heteroatoms. The zero-order valence-corrected chi connectivity index (χ0v) is 13.7. The first-order valence-corrected chi connectivity index (χ1v) is 7.67. The first-order valence-electron chi connectivity index (χ1n) is 5.59. The van der Waals surface area contributed by atoms with E-state index in [0.717, 1.165) is 20.8 Å². The molecule has 18 heavy (non-hydrogen) atoms. The van der Waals surface area contributed by atoms with Crippen LogP contribution in [0, 0.1) is 0 Å².